The van der Waals surface area contributed by atoms with E-state index in [1.54, 1.807) is 5.57 Å². The molecule has 0 radical (unpaired) electrons. The van der Waals surface area contributed by atoms with E-state index in [1.165, 1.54) is 56.1 Å². The number of hydrogen-bond donors (Lipinski definition) is 2. The predicted octanol–water partition coefficient (Wildman–Crippen LogP) is 6.12. The third-order valence-electron chi connectivity index (χ3n) is 8.58. The molecule has 0 saturated heterocycles. The molecule has 4 fully saturated rings. The third kappa shape index (κ3) is 4.49. The molecule has 2 N–H and O–H groups in total. The molecule has 0 aliphatic heterocycles. The van der Waals surface area contributed by atoms with Gasteiger partial charge in [-0.2, -0.15) is 0 Å². The van der Waals surface area contributed by atoms with Crippen molar-refractivity contribution in [2.24, 2.45) is 29.1 Å². The first-order valence-corrected chi connectivity index (χ1v) is 12.0. The second kappa shape index (κ2) is 8.55. The molecule has 2 nitrogen and oxygen atoms in total. The maximum absolute atomic E-state index is 10.2. The van der Waals surface area contributed by atoms with Gasteiger partial charge in [-0.3, -0.25) is 0 Å². The summed E-state index contributed by atoms with van der Waals surface area (Å²) in [5.41, 5.74) is 4.46. The quantitative estimate of drug-likeness (QED) is 0.550. The zero-order chi connectivity index (χ0) is 20.6. The minimum absolute atomic E-state index is 0.198. The fourth-order valence-electron chi connectivity index (χ4n) is 6.56. The summed E-state index contributed by atoms with van der Waals surface area (Å²) < 4.78 is 0. The normalized spacial score (nSPS) is 40.6. The largest absolute Gasteiger partial charge is 0.393 e. The molecule has 6 atom stereocenters. The van der Waals surface area contributed by atoms with Crippen LogP contribution in [0, 0.1) is 29.1 Å². The molecular formula is C27H40O2. The monoisotopic (exact) mass is 396 g/mol. The lowest BCUT2D eigenvalue weighted by Gasteiger charge is -2.44. The molecule has 0 aromatic rings. The summed E-state index contributed by atoms with van der Waals surface area (Å²) in [4.78, 5) is 0. The van der Waals surface area contributed by atoms with Crippen molar-refractivity contribution in [3.05, 3.63) is 47.6 Å². The van der Waals surface area contributed by atoms with Gasteiger partial charge in [-0.15, -0.1) is 0 Å². The van der Waals surface area contributed by atoms with Crippen LogP contribution in [0.3, 0.4) is 0 Å². The van der Waals surface area contributed by atoms with Crippen molar-refractivity contribution in [3.63, 3.8) is 0 Å². The number of hydrogen-bond acceptors (Lipinski definition) is 2. The number of aliphatic hydroxyl groups is 2. The molecule has 4 saturated carbocycles. The molecule has 1 unspecified atom stereocenters. The Morgan fingerprint density at radius 1 is 1.07 bits per heavy atom. The SMILES string of the molecule is C=C1CC[C@@H](O)C/C1=C/C=C1\CCC[C@]2(C)[C@@H]([C@H](C)/C=C/C(O)C3CC3)CC[C@@H]12. The van der Waals surface area contributed by atoms with Crippen LogP contribution < -0.4 is 0 Å². The maximum atomic E-state index is 10.2. The van der Waals surface area contributed by atoms with Gasteiger partial charge in [0.1, 0.15) is 0 Å². The summed E-state index contributed by atoms with van der Waals surface area (Å²) in [6.45, 7) is 9.11. The number of allylic oxidation sites excluding steroid dienone is 5. The van der Waals surface area contributed by atoms with Gasteiger partial charge in [0, 0.05) is 0 Å². The van der Waals surface area contributed by atoms with Crippen LogP contribution in [-0.2, 0) is 0 Å². The Hall–Kier alpha value is -1.12. The Bertz CT molecular complexity index is 710. The van der Waals surface area contributed by atoms with Gasteiger partial charge in [0.2, 0.25) is 0 Å². The number of rotatable bonds is 5. The van der Waals surface area contributed by atoms with Crippen LogP contribution in [0.15, 0.2) is 47.6 Å². The highest BCUT2D eigenvalue weighted by molar-refractivity contribution is 5.36. The van der Waals surface area contributed by atoms with Crippen molar-refractivity contribution < 1.29 is 10.2 Å². The van der Waals surface area contributed by atoms with Crippen molar-refractivity contribution in [1.29, 1.82) is 0 Å². The molecule has 0 bridgehead atoms. The van der Waals surface area contributed by atoms with E-state index in [0.29, 0.717) is 29.1 Å². The maximum Gasteiger partial charge on any atom is 0.0749 e. The Balaban J connectivity index is 1.47. The van der Waals surface area contributed by atoms with E-state index in [1.807, 2.05) is 0 Å². The van der Waals surface area contributed by atoms with Crippen molar-refractivity contribution in [2.45, 2.75) is 90.3 Å². The lowest BCUT2D eigenvalue weighted by molar-refractivity contribution is 0.111. The second-order valence-electron chi connectivity index (χ2n) is 10.6. The molecule has 0 spiro atoms. The lowest BCUT2D eigenvalue weighted by atomic mass is 9.61. The molecule has 0 heterocycles. The predicted molar refractivity (Wildman–Crippen MR) is 120 cm³/mol. The highest BCUT2D eigenvalue weighted by atomic mass is 16.3. The lowest BCUT2D eigenvalue weighted by Crippen LogP contribution is -2.35. The van der Waals surface area contributed by atoms with Crippen molar-refractivity contribution in [2.75, 3.05) is 0 Å². The fourth-order valence-corrected chi connectivity index (χ4v) is 6.56. The minimum atomic E-state index is -0.227. The molecule has 29 heavy (non-hydrogen) atoms. The highest BCUT2D eigenvalue weighted by Gasteiger charge is 2.50. The molecule has 4 aliphatic rings. The second-order valence-corrected chi connectivity index (χ2v) is 10.6. The first-order chi connectivity index (χ1) is 13.9. The van der Waals surface area contributed by atoms with Gasteiger partial charge in [-0.25, -0.2) is 0 Å². The molecule has 0 amide bonds. The van der Waals surface area contributed by atoms with Crippen LogP contribution in [-0.4, -0.2) is 22.4 Å². The summed E-state index contributed by atoms with van der Waals surface area (Å²) in [5, 5.41) is 20.2. The van der Waals surface area contributed by atoms with Gasteiger partial charge in [0.25, 0.3) is 0 Å². The fraction of sp³-hybridized carbons (Fsp3) is 0.704. The molecule has 4 rings (SSSR count). The minimum Gasteiger partial charge on any atom is -0.393 e. The summed E-state index contributed by atoms with van der Waals surface area (Å²) in [6, 6.07) is 0. The molecular weight excluding hydrogens is 356 g/mol. The third-order valence-corrected chi connectivity index (χ3v) is 8.58. The zero-order valence-corrected chi connectivity index (χ0v) is 18.4. The molecule has 4 aliphatic carbocycles. The van der Waals surface area contributed by atoms with Crippen molar-refractivity contribution in [1.82, 2.24) is 0 Å². The van der Waals surface area contributed by atoms with Crippen LogP contribution in [0.5, 0.6) is 0 Å². The topological polar surface area (TPSA) is 40.5 Å². The summed E-state index contributed by atoms with van der Waals surface area (Å²) in [5.74, 6) is 2.45. The van der Waals surface area contributed by atoms with Gasteiger partial charge >= 0.3 is 0 Å². The van der Waals surface area contributed by atoms with E-state index in [-0.39, 0.29) is 12.2 Å². The van der Waals surface area contributed by atoms with Gasteiger partial charge in [-0.1, -0.05) is 55.9 Å². The first-order valence-electron chi connectivity index (χ1n) is 12.0. The summed E-state index contributed by atoms with van der Waals surface area (Å²) in [6.07, 6.45) is 20.0. The average molecular weight is 397 g/mol. The highest BCUT2D eigenvalue weighted by Crippen LogP contribution is 2.59. The zero-order valence-electron chi connectivity index (χ0n) is 18.4. The van der Waals surface area contributed by atoms with Crippen LogP contribution in [0.25, 0.3) is 0 Å². The van der Waals surface area contributed by atoms with E-state index in [4.69, 9.17) is 0 Å². The summed E-state index contributed by atoms with van der Waals surface area (Å²) in [7, 11) is 0. The van der Waals surface area contributed by atoms with Crippen LogP contribution in [0.4, 0.5) is 0 Å². The van der Waals surface area contributed by atoms with E-state index in [2.05, 4.69) is 44.7 Å². The van der Waals surface area contributed by atoms with Crippen LogP contribution in [0.1, 0.15) is 78.1 Å². The molecule has 2 heteroatoms. The number of fused-ring (bicyclic) bond motifs is 1. The van der Waals surface area contributed by atoms with Gasteiger partial charge in [0.15, 0.2) is 0 Å². The first kappa shape index (κ1) is 21.1. The van der Waals surface area contributed by atoms with Gasteiger partial charge < -0.3 is 10.2 Å². The van der Waals surface area contributed by atoms with E-state index in [0.717, 1.165) is 19.3 Å². The van der Waals surface area contributed by atoms with E-state index < -0.39 is 0 Å². The van der Waals surface area contributed by atoms with E-state index >= 15 is 0 Å². The van der Waals surface area contributed by atoms with E-state index in [9.17, 15) is 10.2 Å². The standard InChI is InChI=1S/C27H40O2/c1-18-6-12-23(28)17-22(18)11-8-20-5-4-16-27(3)24(13-14-25(20)27)19(2)7-15-26(29)21-9-10-21/h7-8,11,15,19,21,23-26,28-29H,1,4-6,9-10,12-14,16-17H2,2-3H3/b15-7+,20-8+,22-11-/t19-,23-,24-,25+,26?,27-/m1/s1. The smallest absolute Gasteiger partial charge is 0.0749 e. The molecule has 0 aromatic heterocycles. The molecule has 160 valence electrons. The molecule has 0 aromatic carbocycles. The number of aliphatic hydroxyl groups excluding tert-OH is 2. The Kier molecular flexibility index (Phi) is 6.23. The van der Waals surface area contributed by atoms with Gasteiger partial charge in [-0.05, 0) is 98.9 Å². The Morgan fingerprint density at radius 3 is 2.62 bits per heavy atom. The van der Waals surface area contributed by atoms with Gasteiger partial charge in [0.05, 0.1) is 12.2 Å². The van der Waals surface area contributed by atoms with Crippen LogP contribution >= 0.6 is 0 Å². The Labute approximate surface area is 177 Å². The summed E-state index contributed by atoms with van der Waals surface area (Å²) >= 11 is 0. The van der Waals surface area contributed by atoms with Crippen molar-refractivity contribution >= 4 is 0 Å². The van der Waals surface area contributed by atoms with Crippen molar-refractivity contribution in [3.8, 4) is 0 Å². The average Bonchev–Trinajstić information content (AvgIpc) is 3.48. The van der Waals surface area contributed by atoms with Crippen LogP contribution in [0.2, 0.25) is 0 Å². The Morgan fingerprint density at radius 2 is 1.86 bits per heavy atom.